The van der Waals surface area contributed by atoms with Crippen LogP contribution in [0.1, 0.15) is 85.0 Å². The lowest BCUT2D eigenvalue weighted by atomic mass is 9.56. The molecule has 0 saturated heterocycles. The van der Waals surface area contributed by atoms with Crippen molar-refractivity contribution in [2.24, 2.45) is 23.2 Å². The van der Waals surface area contributed by atoms with Crippen LogP contribution in [0.3, 0.4) is 0 Å². The van der Waals surface area contributed by atoms with Gasteiger partial charge in [-0.3, -0.25) is 0 Å². The maximum absolute atomic E-state index is 2.75. The Labute approximate surface area is 140 Å². The minimum Gasteiger partial charge on any atom is -0.236 e. The van der Waals surface area contributed by atoms with Crippen LogP contribution in [-0.4, -0.2) is 22.0 Å². The Morgan fingerprint density at radius 2 is 1.77 bits per heavy atom. The third-order valence-corrected chi connectivity index (χ3v) is 14.9. The molecule has 0 aliphatic heterocycles. The van der Waals surface area contributed by atoms with Crippen molar-refractivity contribution in [3.05, 3.63) is 0 Å². The molecule has 22 heavy (non-hydrogen) atoms. The van der Waals surface area contributed by atoms with Crippen molar-refractivity contribution >= 4 is 10.0 Å². The third kappa shape index (κ3) is 1.78. The van der Waals surface area contributed by atoms with Gasteiger partial charge in [-0.25, -0.2) is 10.0 Å². The van der Waals surface area contributed by atoms with E-state index in [0.29, 0.717) is 4.75 Å². The molecule has 5 atom stereocenters. The quantitative estimate of drug-likeness (QED) is 0.498. The lowest BCUT2D eigenvalue weighted by molar-refractivity contribution is 0.00110. The van der Waals surface area contributed by atoms with Gasteiger partial charge >= 0.3 is 0 Å². The van der Waals surface area contributed by atoms with E-state index in [9.17, 15) is 0 Å². The summed E-state index contributed by atoms with van der Waals surface area (Å²) in [7, 11) is -0.549. The van der Waals surface area contributed by atoms with Gasteiger partial charge in [0.05, 0.1) is 0 Å². The van der Waals surface area contributed by atoms with Crippen LogP contribution in [0.2, 0.25) is 0 Å². The standard InChI is InChI=1S/C21H38S/c1-6-7-8-9-19(2,3)22(4,5)20-12-16-10-17-11-18(14-20)21(17,13-16)15-20/h16-18H,6-15H2,1-5H3. The predicted octanol–water partition coefficient (Wildman–Crippen LogP) is 6.38. The van der Waals surface area contributed by atoms with E-state index in [2.05, 4.69) is 33.3 Å². The molecule has 1 heteroatoms. The minimum atomic E-state index is -0.549. The first-order chi connectivity index (χ1) is 10.3. The molecule has 0 aromatic heterocycles. The summed E-state index contributed by atoms with van der Waals surface area (Å²) in [5.41, 5.74) is 0.868. The van der Waals surface area contributed by atoms with Gasteiger partial charge in [-0.05, 0) is 85.4 Å². The fourth-order valence-electron chi connectivity index (χ4n) is 7.52. The van der Waals surface area contributed by atoms with E-state index in [1.54, 1.807) is 38.5 Å². The molecule has 0 nitrogen and oxygen atoms in total. The molecular formula is C21H38S. The Morgan fingerprint density at radius 1 is 1.00 bits per heavy atom. The van der Waals surface area contributed by atoms with E-state index >= 15 is 0 Å². The molecule has 5 unspecified atom stereocenters. The lowest BCUT2D eigenvalue weighted by Crippen LogP contribution is -2.46. The van der Waals surface area contributed by atoms with E-state index in [0.717, 1.165) is 27.9 Å². The lowest BCUT2D eigenvalue weighted by Gasteiger charge is -2.61. The molecule has 4 saturated carbocycles. The van der Waals surface area contributed by atoms with Crippen LogP contribution in [0, 0.1) is 23.2 Å². The van der Waals surface area contributed by atoms with Crippen LogP contribution >= 0.6 is 10.0 Å². The molecular weight excluding hydrogens is 284 g/mol. The second kappa shape index (κ2) is 4.70. The van der Waals surface area contributed by atoms with Gasteiger partial charge in [-0.15, -0.1) is 0 Å². The van der Waals surface area contributed by atoms with Gasteiger partial charge in [-0.2, -0.15) is 0 Å². The van der Waals surface area contributed by atoms with Gasteiger partial charge in [0.2, 0.25) is 0 Å². The van der Waals surface area contributed by atoms with E-state index in [1.165, 1.54) is 25.7 Å². The van der Waals surface area contributed by atoms with Gasteiger partial charge in [0.15, 0.2) is 0 Å². The highest BCUT2D eigenvalue weighted by Crippen LogP contribution is 2.84. The molecule has 0 amide bonds. The third-order valence-electron chi connectivity index (χ3n) is 9.26. The molecule has 0 aromatic carbocycles. The Kier molecular flexibility index (Phi) is 3.39. The summed E-state index contributed by atoms with van der Waals surface area (Å²) in [6.07, 6.45) is 21.0. The zero-order valence-electron chi connectivity index (χ0n) is 15.7. The summed E-state index contributed by atoms with van der Waals surface area (Å²) in [4.78, 5) is 0. The van der Waals surface area contributed by atoms with E-state index in [-0.39, 0.29) is 0 Å². The van der Waals surface area contributed by atoms with Crippen LogP contribution in [0.25, 0.3) is 0 Å². The van der Waals surface area contributed by atoms with Gasteiger partial charge in [-0.1, -0.05) is 40.0 Å². The van der Waals surface area contributed by atoms with Crippen molar-refractivity contribution < 1.29 is 0 Å². The predicted molar refractivity (Wildman–Crippen MR) is 101 cm³/mol. The summed E-state index contributed by atoms with van der Waals surface area (Å²) < 4.78 is 1.34. The maximum atomic E-state index is 2.75. The molecule has 4 aliphatic rings. The van der Waals surface area contributed by atoms with Crippen LogP contribution < -0.4 is 0 Å². The van der Waals surface area contributed by atoms with Crippen molar-refractivity contribution in [1.29, 1.82) is 0 Å². The Bertz CT molecular complexity index is 461. The average Bonchev–Trinajstić information content (AvgIpc) is 2.75. The zero-order valence-corrected chi connectivity index (χ0v) is 16.5. The van der Waals surface area contributed by atoms with Crippen LogP contribution in [0.4, 0.5) is 0 Å². The highest BCUT2D eigenvalue weighted by molar-refractivity contribution is 8.34. The second-order valence-corrected chi connectivity index (χ2v) is 15.1. The monoisotopic (exact) mass is 322 g/mol. The van der Waals surface area contributed by atoms with Crippen LogP contribution in [0.5, 0.6) is 0 Å². The largest absolute Gasteiger partial charge is 0.236 e. The molecule has 0 aromatic rings. The van der Waals surface area contributed by atoms with Gasteiger partial charge in [0.25, 0.3) is 0 Å². The molecule has 0 heterocycles. The fraction of sp³-hybridized carbons (Fsp3) is 1.00. The van der Waals surface area contributed by atoms with Crippen molar-refractivity contribution in [3.8, 4) is 0 Å². The van der Waals surface area contributed by atoms with Crippen molar-refractivity contribution in [3.63, 3.8) is 0 Å². The summed E-state index contributed by atoms with van der Waals surface area (Å²) in [5, 5.41) is 0. The minimum absolute atomic E-state index is 0.549. The fourth-order valence-corrected chi connectivity index (χ4v) is 11.2. The highest BCUT2D eigenvalue weighted by Gasteiger charge is 2.73. The van der Waals surface area contributed by atoms with E-state index in [1.807, 2.05) is 0 Å². The second-order valence-electron chi connectivity index (χ2n) is 10.5. The summed E-state index contributed by atoms with van der Waals surface area (Å²) in [6.45, 7) is 7.62. The molecule has 4 aliphatic carbocycles. The first kappa shape index (κ1) is 15.9. The Balaban J connectivity index is 1.60. The Hall–Kier alpha value is 0.350. The number of hydrogen-bond acceptors (Lipinski definition) is 0. The summed E-state index contributed by atoms with van der Waals surface area (Å²) in [5.74, 6) is 3.41. The zero-order chi connectivity index (χ0) is 15.8. The molecule has 4 rings (SSSR count). The van der Waals surface area contributed by atoms with E-state index < -0.39 is 10.0 Å². The van der Waals surface area contributed by atoms with Crippen LogP contribution in [-0.2, 0) is 0 Å². The number of hydrogen-bond donors (Lipinski definition) is 0. The molecule has 128 valence electrons. The van der Waals surface area contributed by atoms with Crippen molar-refractivity contribution in [2.45, 2.75) is 94.5 Å². The average molecular weight is 323 g/mol. The van der Waals surface area contributed by atoms with E-state index in [4.69, 9.17) is 0 Å². The maximum Gasteiger partial charge on any atom is 0.00131 e. The summed E-state index contributed by atoms with van der Waals surface area (Å²) in [6, 6.07) is 0. The SMILES string of the molecule is CCCCCC(C)(C)S(C)(C)C12CC3CC4CC(C1)C4(C3)C2. The van der Waals surface area contributed by atoms with Gasteiger partial charge < -0.3 is 0 Å². The van der Waals surface area contributed by atoms with Crippen molar-refractivity contribution in [2.75, 3.05) is 12.5 Å². The molecule has 1 spiro atoms. The smallest absolute Gasteiger partial charge is 0.00131 e. The molecule has 3 bridgehead atoms. The molecule has 4 fully saturated rings. The number of fused-ring (bicyclic) bond motifs is 2. The van der Waals surface area contributed by atoms with Gasteiger partial charge in [0.1, 0.15) is 0 Å². The van der Waals surface area contributed by atoms with Crippen molar-refractivity contribution in [1.82, 2.24) is 0 Å². The Morgan fingerprint density at radius 3 is 2.50 bits per heavy atom. The first-order valence-corrected chi connectivity index (χ1v) is 12.4. The molecule has 0 radical (unpaired) electrons. The number of rotatable bonds is 6. The normalized spacial score (nSPS) is 46.7. The number of unbranched alkanes of at least 4 members (excludes halogenated alkanes) is 2. The molecule has 0 N–H and O–H groups in total. The van der Waals surface area contributed by atoms with Gasteiger partial charge in [0, 0.05) is 4.75 Å². The first-order valence-electron chi connectivity index (χ1n) is 9.99. The highest BCUT2D eigenvalue weighted by atomic mass is 32.3. The summed E-state index contributed by atoms with van der Waals surface area (Å²) >= 11 is 0. The van der Waals surface area contributed by atoms with Crippen LogP contribution in [0.15, 0.2) is 0 Å². The topological polar surface area (TPSA) is 0 Å².